The molecular weight excluding hydrogens is 1030 g/mol. The Kier molecular flexibility index (Phi) is 17.2. The van der Waals surface area contributed by atoms with Crippen LogP contribution in [0.2, 0.25) is 0 Å². The van der Waals surface area contributed by atoms with Crippen LogP contribution in [0.3, 0.4) is 0 Å². The Morgan fingerprint density at radius 1 is 0.615 bits per heavy atom. The normalized spacial score (nSPS) is 51.8. The van der Waals surface area contributed by atoms with Gasteiger partial charge in [0.05, 0.1) is 37.9 Å². The van der Waals surface area contributed by atoms with E-state index in [9.17, 15) is 70.9 Å². The van der Waals surface area contributed by atoms with Crippen molar-refractivity contribution in [3.05, 3.63) is 11.6 Å². The van der Waals surface area contributed by atoms with Crippen molar-refractivity contribution in [3.63, 3.8) is 0 Å². The highest BCUT2D eigenvalue weighted by Crippen LogP contribution is 2.76. The van der Waals surface area contributed by atoms with Crippen molar-refractivity contribution in [3.8, 4) is 0 Å². The number of carbonyl (C=O) groups excluding carboxylic acids is 2. The van der Waals surface area contributed by atoms with Crippen LogP contribution in [-0.4, -0.2) is 222 Å². The molecule has 78 heavy (non-hydrogen) atoms. The van der Waals surface area contributed by atoms with Gasteiger partial charge >= 0.3 is 11.9 Å². The molecule has 0 spiro atoms. The van der Waals surface area contributed by atoms with Gasteiger partial charge in [-0.1, -0.05) is 60.1 Å². The topological polar surface area (TPSA) is 360 Å². The van der Waals surface area contributed by atoms with E-state index in [4.69, 9.17) is 42.6 Å². The molecule has 4 saturated carbocycles. The Balaban J connectivity index is 0.983. The van der Waals surface area contributed by atoms with E-state index in [2.05, 4.69) is 54.5 Å². The van der Waals surface area contributed by atoms with Crippen molar-refractivity contribution in [2.75, 3.05) is 26.4 Å². The first-order valence-corrected chi connectivity index (χ1v) is 28.2. The second-order valence-corrected chi connectivity index (χ2v) is 26.3. The van der Waals surface area contributed by atoms with Gasteiger partial charge in [-0.15, -0.1) is 0 Å². The molecule has 4 unspecified atom stereocenters. The van der Waals surface area contributed by atoms with Crippen LogP contribution in [0.15, 0.2) is 11.6 Å². The van der Waals surface area contributed by atoms with E-state index in [0.29, 0.717) is 32.1 Å². The standard InChI is InChI=1S/C55H88O23/c1-9-70-44(68)43-42(76-45-37(64)32(59)26(58)23-71-45)41(75-46-38(65)35(62)33(60)27(21-56)72-46)40(67)48(77-43)74-31-13-14-52(6)29(51(31,4)5)12-15-54(8)30(52)11-10-24-25-20-50(2,3)16-18-55(25,19-17-53(24,54)7)49(69)78-47-39(66)36(63)34(61)28(22-57)73-47/h10,25-43,45-48,56-67H,9,11-23H2,1-8H3/t25?,26-,27-,28-,29?,30?,31+,32-,33-,34-,35-,36-,37-,38-,39-,40-,41+,42+,43+,45-,46+,47+,48-,52+,53?,54-,55+/m1/s1. The highest BCUT2D eigenvalue weighted by atomic mass is 16.8. The molecule has 23 heteroatoms. The fourth-order valence-electron chi connectivity index (χ4n) is 16.4. The molecule has 23 nitrogen and oxygen atoms in total. The second-order valence-electron chi connectivity index (χ2n) is 26.3. The third-order valence-electron chi connectivity index (χ3n) is 21.3. The summed E-state index contributed by atoms with van der Waals surface area (Å²) in [4.78, 5) is 28.8. The Labute approximate surface area is 455 Å². The number of esters is 2. The molecule has 0 aromatic rings. The number of ether oxygens (including phenoxy) is 9. The lowest BCUT2D eigenvalue weighted by molar-refractivity contribution is -0.385. The van der Waals surface area contributed by atoms with Crippen molar-refractivity contribution in [1.29, 1.82) is 0 Å². The SMILES string of the molecule is CCOC(=O)[C@H]1O[C@@H](O[C@H]2CC[C@@]3(C)C(CC[C@]4(C)C3CC=C3C5CC(C)(C)CC[C@]5(C(=O)O[C@@H]5O[C@H](CO)[C@@H](O)[C@@H](O)[C@H]5O)CCC34C)C2(C)C)[C@H](O)[C@H](O[C@@H]2O[C@H](CO)[C@@H](O)[C@@H](O)[C@H]2O)[C@@H]1O[C@H]1OC[C@@H](O)[C@@H](O)[C@H]1O. The minimum absolute atomic E-state index is 0.0516. The van der Waals surface area contributed by atoms with Crippen LogP contribution in [0.1, 0.15) is 120 Å². The third-order valence-corrected chi connectivity index (χ3v) is 21.3. The van der Waals surface area contributed by atoms with Crippen molar-refractivity contribution in [2.45, 2.75) is 242 Å². The molecule has 0 bridgehead atoms. The number of hydrogen-bond donors (Lipinski definition) is 12. The van der Waals surface area contributed by atoms with E-state index < -0.39 is 165 Å². The maximum absolute atomic E-state index is 14.8. The lowest BCUT2D eigenvalue weighted by Gasteiger charge is -2.71. The molecule has 12 N–H and O–H groups in total. The Bertz CT molecular complexity index is 2180. The van der Waals surface area contributed by atoms with Crippen molar-refractivity contribution in [1.82, 2.24) is 0 Å². The van der Waals surface area contributed by atoms with Gasteiger partial charge in [0.25, 0.3) is 0 Å². The molecule has 0 aromatic carbocycles. The highest BCUT2D eigenvalue weighted by Gasteiger charge is 2.70. The van der Waals surface area contributed by atoms with Gasteiger partial charge in [-0.25, -0.2) is 4.79 Å². The zero-order valence-electron chi connectivity index (χ0n) is 46.1. The van der Waals surface area contributed by atoms with E-state index in [1.807, 2.05) is 0 Å². The molecule has 0 aromatic heterocycles. The largest absolute Gasteiger partial charge is 0.464 e. The predicted octanol–water partition coefficient (Wildman–Crippen LogP) is -0.825. The van der Waals surface area contributed by atoms with E-state index in [1.54, 1.807) is 6.92 Å². The van der Waals surface area contributed by atoms with Crippen LogP contribution in [0, 0.1) is 50.2 Å². The van der Waals surface area contributed by atoms with E-state index >= 15 is 0 Å². The average molecular weight is 1120 g/mol. The molecule has 0 amide bonds. The number of hydrogen-bond acceptors (Lipinski definition) is 23. The van der Waals surface area contributed by atoms with Crippen LogP contribution in [0.5, 0.6) is 0 Å². The summed E-state index contributed by atoms with van der Waals surface area (Å²) in [5, 5.41) is 128. The number of fused-ring (bicyclic) bond motifs is 7. The fourth-order valence-corrected chi connectivity index (χ4v) is 16.4. The number of carbonyl (C=O) groups is 2. The first-order valence-electron chi connectivity index (χ1n) is 28.2. The average Bonchev–Trinajstić information content (AvgIpc) is 3.37. The molecule has 27 atom stereocenters. The third kappa shape index (κ3) is 9.93. The van der Waals surface area contributed by atoms with Gasteiger partial charge in [0, 0.05) is 0 Å². The minimum atomic E-state index is -1.96. The lowest BCUT2D eigenvalue weighted by atomic mass is 9.33. The van der Waals surface area contributed by atoms with Gasteiger partial charge in [-0.2, -0.15) is 0 Å². The summed E-state index contributed by atoms with van der Waals surface area (Å²) in [6.45, 7) is 15.3. The summed E-state index contributed by atoms with van der Waals surface area (Å²) < 4.78 is 53.8. The molecule has 9 aliphatic rings. The molecule has 4 heterocycles. The van der Waals surface area contributed by atoms with Crippen LogP contribution in [0.4, 0.5) is 0 Å². The molecule has 5 aliphatic carbocycles. The van der Waals surface area contributed by atoms with E-state index in [1.165, 1.54) is 5.57 Å². The zero-order chi connectivity index (χ0) is 57.0. The highest BCUT2D eigenvalue weighted by molar-refractivity contribution is 5.79. The van der Waals surface area contributed by atoms with E-state index in [0.717, 1.165) is 32.1 Å². The first kappa shape index (κ1) is 60.5. The number of allylic oxidation sites excluding steroid dienone is 2. The molecule has 446 valence electrons. The molecular formula is C55H88O23. The summed E-state index contributed by atoms with van der Waals surface area (Å²) in [5.74, 6) is -1.49. The van der Waals surface area contributed by atoms with Crippen LogP contribution < -0.4 is 0 Å². The number of rotatable bonds is 12. The molecule has 9 rings (SSSR count). The monoisotopic (exact) mass is 1120 g/mol. The summed E-state index contributed by atoms with van der Waals surface area (Å²) in [6, 6.07) is 0. The molecule has 4 saturated heterocycles. The Morgan fingerprint density at radius 3 is 1.85 bits per heavy atom. The Morgan fingerprint density at radius 2 is 1.21 bits per heavy atom. The van der Waals surface area contributed by atoms with Crippen LogP contribution in [-0.2, 0) is 52.2 Å². The first-order chi connectivity index (χ1) is 36.5. The lowest BCUT2D eigenvalue weighted by Crippen LogP contribution is -2.68. The van der Waals surface area contributed by atoms with Gasteiger partial charge in [0.2, 0.25) is 6.29 Å². The maximum atomic E-state index is 14.8. The van der Waals surface area contributed by atoms with Crippen LogP contribution in [0.25, 0.3) is 0 Å². The van der Waals surface area contributed by atoms with Crippen molar-refractivity contribution in [2.24, 2.45) is 50.2 Å². The van der Waals surface area contributed by atoms with Gasteiger partial charge in [-0.3, -0.25) is 4.79 Å². The summed E-state index contributed by atoms with van der Waals surface area (Å²) in [7, 11) is 0. The van der Waals surface area contributed by atoms with Crippen LogP contribution >= 0.6 is 0 Å². The van der Waals surface area contributed by atoms with Crippen molar-refractivity contribution < 1.29 is 113 Å². The number of aliphatic hydroxyl groups excluding tert-OH is 12. The maximum Gasteiger partial charge on any atom is 0.338 e. The summed E-state index contributed by atoms with van der Waals surface area (Å²) in [5.41, 5.74) is -1.23. The van der Waals surface area contributed by atoms with E-state index in [-0.39, 0.29) is 46.0 Å². The van der Waals surface area contributed by atoms with Gasteiger partial charge in [0.1, 0.15) is 85.5 Å². The quantitative estimate of drug-likeness (QED) is 0.0645. The summed E-state index contributed by atoms with van der Waals surface area (Å²) >= 11 is 0. The fraction of sp³-hybridized carbons (Fsp3) is 0.927. The molecule has 8 fully saturated rings. The van der Waals surface area contributed by atoms with Crippen molar-refractivity contribution >= 4 is 11.9 Å². The minimum Gasteiger partial charge on any atom is -0.464 e. The summed E-state index contributed by atoms with van der Waals surface area (Å²) in [6.07, 6.45) is -23.8. The molecule has 0 radical (unpaired) electrons. The zero-order valence-corrected chi connectivity index (χ0v) is 46.1. The number of aliphatic hydroxyl groups is 12. The molecule has 4 aliphatic heterocycles. The van der Waals surface area contributed by atoms with Gasteiger partial charge < -0.3 is 104 Å². The predicted molar refractivity (Wildman–Crippen MR) is 266 cm³/mol. The van der Waals surface area contributed by atoms with Gasteiger partial charge in [-0.05, 0) is 116 Å². The second kappa shape index (κ2) is 22.2. The smallest absolute Gasteiger partial charge is 0.338 e. The Hall–Kier alpha value is -2.08. The van der Waals surface area contributed by atoms with Gasteiger partial charge in [0.15, 0.2) is 25.0 Å².